The lowest BCUT2D eigenvalue weighted by atomic mass is 9.80. The minimum Gasteiger partial charge on any atom is -0.0914 e. The van der Waals surface area contributed by atoms with Crippen LogP contribution in [0.3, 0.4) is 0 Å². The van der Waals surface area contributed by atoms with Crippen molar-refractivity contribution in [1.29, 1.82) is 0 Å². The van der Waals surface area contributed by atoms with E-state index in [1.807, 2.05) is 0 Å². The van der Waals surface area contributed by atoms with Crippen molar-refractivity contribution in [2.24, 2.45) is 11.8 Å². The molecule has 0 bridgehead atoms. The van der Waals surface area contributed by atoms with Crippen molar-refractivity contribution in [3.05, 3.63) is 12.2 Å². The Morgan fingerprint density at radius 2 is 1.85 bits per heavy atom. The average molecular weight is 180 g/mol. The second-order valence-electron chi connectivity index (χ2n) is 4.45. The molecule has 1 rings (SSSR count). The molecule has 0 aliphatic heterocycles. The summed E-state index contributed by atoms with van der Waals surface area (Å²) in [6, 6.07) is 0. The van der Waals surface area contributed by atoms with Crippen molar-refractivity contribution in [1.82, 2.24) is 0 Å². The minimum absolute atomic E-state index is 0.905. The smallest absolute Gasteiger partial charge is 0.0233 e. The van der Waals surface area contributed by atoms with Gasteiger partial charge in [0.05, 0.1) is 0 Å². The number of unbranched alkanes of at least 4 members (excludes halogenated alkanes) is 1. The third-order valence-corrected chi connectivity index (χ3v) is 3.32. The van der Waals surface area contributed by atoms with Gasteiger partial charge in [-0.1, -0.05) is 38.3 Å². The van der Waals surface area contributed by atoms with E-state index in [-0.39, 0.29) is 0 Å². The number of hydrogen-bond donors (Lipinski definition) is 0. The molecule has 1 aliphatic rings. The molecule has 0 spiro atoms. The normalized spacial score (nSPS) is 29.7. The topological polar surface area (TPSA) is 0 Å². The fraction of sp³-hybridized carbons (Fsp3) is 0.846. The van der Waals surface area contributed by atoms with Crippen molar-refractivity contribution >= 4 is 0 Å². The molecular formula is C13H24. The van der Waals surface area contributed by atoms with Gasteiger partial charge in [-0.15, -0.1) is 0 Å². The monoisotopic (exact) mass is 180 g/mol. The molecule has 1 aliphatic carbocycles. The van der Waals surface area contributed by atoms with E-state index in [2.05, 4.69) is 26.0 Å². The van der Waals surface area contributed by atoms with Crippen LogP contribution in [0.4, 0.5) is 0 Å². The first-order chi connectivity index (χ1) is 6.36. The summed E-state index contributed by atoms with van der Waals surface area (Å²) in [6.45, 7) is 4.44. The fourth-order valence-corrected chi connectivity index (χ4v) is 2.43. The zero-order valence-electron chi connectivity index (χ0n) is 9.26. The van der Waals surface area contributed by atoms with Crippen molar-refractivity contribution in [3.8, 4) is 0 Å². The third kappa shape index (κ3) is 3.97. The van der Waals surface area contributed by atoms with Crippen LogP contribution in [0.5, 0.6) is 0 Å². The second kappa shape index (κ2) is 6.23. The Labute approximate surface area is 83.4 Å². The lowest BCUT2D eigenvalue weighted by Crippen LogP contribution is -2.12. The maximum atomic E-state index is 2.40. The Kier molecular flexibility index (Phi) is 5.19. The zero-order valence-corrected chi connectivity index (χ0v) is 9.26. The molecule has 0 radical (unpaired) electrons. The van der Waals surface area contributed by atoms with E-state index in [1.165, 1.54) is 44.9 Å². The quantitative estimate of drug-likeness (QED) is 0.556. The molecule has 0 nitrogen and oxygen atoms in total. The lowest BCUT2D eigenvalue weighted by Gasteiger charge is -2.26. The summed E-state index contributed by atoms with van der Waals surface area (Å²) in [5, 5.41) is 0. The van der Waals surface area contributed by atoms with E-state index in [9.17, 15) is 0 Å². The van der Waals surface area contributed by atoms with Crippen LogP contribution < -0.4 is 0 Å². The molecule has 13 heavy (non-hydrogen) atoms. The van der Waals surface area contributed by atoms with E-state index in [0.717, 1.165) is 11.8 Å². The maximum Gasteiger partial charge on any atom is -0.0233 e. The Morgan fingerprint density at radius 3 is 2.38 bits per heavy atom. The van der Waals surface area contributed by atoms with Crippen LogP contribution >= 0.6 is 0 Å². The third-order valence-electron chi connectivity index (χ3n) is 3.32. The van der Waals surface area contributed by atoms with E-state index >= 15 is 0 Å². The van der Waals surface area contributed by atoms with Crippen LogP contribution in [0, 0.1) is 11.8 Å². The van der Waals surface area contributed by atoms with Crippen molar-refractivity contribution in [2.75, 3.05) is 0 Å². The van der Waals surface area contributed by atoms with E-state index in [0.29, 0.717) is 0 Å². The molecule has 0 unspecified atom stereocenters. The SMILES string of the molecule is CC=CC1CCC(CCCC)CC1. The lowest BCUT2D eigenvalue weighted by molar-refractivity contribution is 0.290. The van der Waals surface area contributed by atoms with E-state index in [1.54, 1.807) is 0 Å². The van der Waals surface area contributed by atoms with Gasteiger partial charge in [-0.3, -0.25) is 0 Å². The van der Waals surface area contributed by atoms with Crippen LogP contribution in [0.1, 0.15) is 58.8 Å². The average Bonchev–Trinajstić information content (AvgIpc) is 2.17. The highest BCUT2D eigenvalue weighted by Gasteiger charge is 2.18. The van der Waals surface area contributed by atoms with Gasteiger partial charge in [-0.05, 0) is 44.4 Å². The minimum atomic E-state index is 0.905. The molecule has 0 heteroatoms. The van der Waals surface area contributed by atoms with Gasteiger partial charge in [-0.2, -0.15) is 0 Å². The van der Waals surface area contributed by atoms with Gasteiger partial charge in [0.15, 0.2) is 0 Å². The van der Waals surface area contributed by atoms with Gasteiger partial charge in [0.1, 0.15) is 0 Å². The van der Waals surface area contributed by atoms with Crippen molar-refractivity contribution < 1.29 is 0 Å². The highest BCUT2D eigenvalue weighted by atomic mass is 14.2. The summed E-state index contributed by atoms with van der Waals surface area (Å²) >= 11 is 0. The number of allylic oxidation sites excluding steroid dienone is 2. The largest absolute Gasteiger partial charge is 0.0914 e. The molecule has 0 N–H and O–H groups in total. The zero-order chi connectivity index (χ0) is 9.52. The standard InChI is InChI=1S/C13H24/c1-3-5-7-13-10-8-12(6-4-2)9-11-13/h4,6,12-13H,3,5,7-11H2,1-2H3. The predicted molar refractivity (Wildman–Crippen MR) is 59.8 cm³/mol. The summed E-state index contributed by atoms with van der Waals surface area (Å²) in [7, 11) is 0. The molecule has 0 amide bonds. The molecule has 0 saturated heterocycles. The molecule has 76 valence electrons. The summed E-state index contributed by atoms with van der Waals surface area (Å²) in [4.78, 5) is 0. The first-order valence-electron chi connectivity index (χ1n) is 5.99. The van der Waals surface area contributed by atoms with Gasteiger partial charge in [0, 0.05) is 0 Å². The first-order valence-corrected chi connectivity index (χ1v) is 5.99. The van der Waals surface area contributed by atoms with Crippen LogP contribution in [0.2, 0.25) is 0 Å². The summed E-state index contributed by atoms with van der Waals surface area (Å²) in [5.41, 5.74) is 0. The Hall–Kier alpha value is -0.260. The summed E-state index contributed by atoms with van der Waals surface area (Å²) < 4.78 is 0. The molecule has 0 aromatic rings. The van der Waals surface area contributed by atoms with E-state index in [4.69, 9.17) is 0 Å². The molecular weight excluding hydrogens is 156 g/mol. The molecule has 1 fully saturated rings. The Bertz CT molecular complexity index is 138. The maximum absolute atomic E-state index is 2.40. The van der Waals surface area contributed by atoms with Gasteiger partial charge >= 0.3 is 0 Å². The van der Waals surface area contributed by atoms with Gasteiger partial charge in [0.25, 0.3) is 0 Å². The molecule has 0 aromatic heterocycles. The van der Waals surface area contributed by atoms with Crippen molar-refractivity contribution in [3.63, 3.8) is 0 Å². The summed E-state index contributed by atoms with van der Waals surface area (Å²) in [6.07, 6.45) is 14.8. The van der Waals surface area contributed by atoms with Gasteiger partial charge < -0.3 is 0 Å². The second-order valence-corrected chi connectivity index (χ2v) is 4.45. The van der Waals surface area contributed by atoms with Crippen LogP contribution in [0.15, 0.2) is 12.2 Å². The first kappa shape index (κ1) is 10.8. The molecule has 0 atom stereocenters. The molecule has 1 saturated carbocycles. The fourth-order valence-electron chi connectivity index (χ4n) is 2.43. The highest BCUT2D eigenvalue weighted by Crippen LogP contribution is 2.32. The predicted octanol–water partition coefficient (Wildman–Crippen LogP) is 4.56. The number of rotatable bonds is 4. The number of hydrogen-bond acceptors (Lipinski definition) is 0. The highest BCUT2D eigenvalue weighted by molar-refractivity contribution is 4.88. The molecule has 0 aromatic carbocycles. The summed E-state index contributed by atoms with van der Waals surface area (Å²) in [5.74, 6) is 1.96. The Morgan fingerprint density at radius 1 is 1.15 bits per heavy atom. The van der Waals surface area contributed by atoms with E-state index < -0.39 is 0 Å². The van der Waals surface area contributed by atoms with Gasteiger partial charge in [-0.25, -0.2) is 0 Å². The van der Waals surface area contributed by atoms with Crippen LogP contribution in [-0.4, -0.2) is 0 Å². The van der Waals surface area contributed by atoms with Crippen LogP contribution in [0.25, 0.3) is 0 Å². The molecule has 0 heterocycles. The van der Waals surface area contributed by atoms with Gasteiger partial charge in [0.2, 0.25) is 0 Å². The Balaban J connectivity index is 2.15. The van der Waals surface area contributed by atoms with Crippen molar-refractivity contribution in [2.45, 2.75) is 58.8 Å². The van der Waals surface area contributed by atoms with Crippen LogP contribution in [-0.2, 0) is 0 Å².